The Kier molecular flexibility index (Phi) is 4.97. The number of carbonyl (C=O) groups is 1. The maximum absolute atomic E-state index is 12.6. The number of piperazine rings is 1. The van der Waals surface area contributed by atoms with E-state index in [0.29, 0.717) is 6.42 Å². The fourth-order valence-electron chi connectivity index (χ4n) is 3.68. The fourth-order valence-corrected chi connectivity index (χ4v) is 3.68. The predicted octanol–water partition coefficient (Wildman–Crippen LogP) is 3.83. The van der Waals surface area contributed by atoms with Gasteiger partial charge in [0.2, 0.25) is 5.91 Å². The number of hydrogen-bond donors (Lipinski definition) is 1. The zero-order chi connectivity index (χ0) is 18.6. The lowest BCUT2D eigenvalue weighted by Crippen LogP contribution is -2.48. The van der Waals surface area contributed by atoms with Crippen LogP contribution in [0.3, 0.4) is 0 Å². The Morgan fingerprint density at radius 1 is 0.852 bits per heavy atom. The number of phenolic OH excluding ortho intramolecular Hbond substituents is 1. The molecule has 0 aromatic heterocycles. The first-order valence-corrected chi connectivity index (χ1v) is 9.48. The number of hydrogen-bond acceptors (Lipinski definition) is 3. The van der Waals surface area contributed by atoms with Crippen LogP contribution in [-0.2, 0) is 11.2 Å². The Morgan fingerprint density at radius 2 is 1.56 bits per heavy atom. The molecule has 138 valence electrons. The zero-order valence-electron chi connectivity index (χ0n) is 15.3. The molecule has 0 aliphatic carbocycles. The first-order valence-electron chi connectivity index (χ1n) is 9.48. The lowest BCUT2D eigenvalue weighted by atomic mass is 10.0. The first kappa shape index (κ1) is 17.4. The van der Waals surface area contributed by atoms with Crippen LogP contribution in [0.1, 0.15) is 12.0 Å². The average Bonchev–Trinajstić information content (AvgIpc) is 2.72. The summed E-state index contributed by atoms with van der Waals surface area (Å²) < 4.78 is 0. The minimum atomic E-state index is 0.230. The van der Waals surface area contributed by atoms with Crippen molar-refractivity contribution in [1.82, 2.24) is 4.90 Å². The minimum absolute atomic E-state index is 0.230. The maximum atomic E-state index is 12.6. The van der Waals surface area contributed by atoms with Crippen molar-refractivity contribution >= 4 is 22.4 Å². The third-order valence-corrected chi connectivity index (χ3v) is 5.29. The molecule has 0 bridgehead atoms. The Bertz CT molecular complexity index is 929. The normalized spacial score (nSPS) is 14.5. The smallest absolute Gasteiger partial charge is 0.223 e. The number of anilines is 1. The summed E-state index contributed by atoms with van der Waals surface area (Å²) >= 11 is 0. The van der Waals surface area contributed by atoms with Gasteiger partial charge in [-0.05, 0) is 47.0 Å². The van der Waals surface area contributed by atoms with Crippen LogP contribution in [0.4, 0.5) is 5.69 Å². The van der Waals surface area contributed by atoms with E-state index in [9.17, 15) is 9.90 Å². The summed E-state index contributed by atoms with van der Waals surface area (Å²) in [7, 11) is 0. The average molecular weight is 360 g/mol. The van der Waals surface area contributed by atoms with Crippen molar-refractivity contribution in [1.29, 1.82) is 0 Å². The van der Waals surface area contributed by atoms with Crippen molar-refractivity contribution in [3.05, 3.63) is 72.3 Å². The Balaban J connectivity index is 1.30. The molecular weight excluding hydrogens is 336 g/mol. The topological polar surface area (TPSA) is 43.8 Å². The number of fused-ring (bicyclic) bond motifs is 1. The van der Waals surface area contributed by atoms with Gasteiger partial charge in [-0.3, -0.25) is 4.79 Å². The highest BCUT2D eigenvalue weighted by Gasteiger charge is 2.21. The molecule has 0 unspecified atom stereocenters. The largest absolute Gasteiger partial charge is 0.508 e. The molecule has 1 amide bonds. The third-order valence-electron chi connectivity index (χ3n) is 5.29. The second-order valence-electron chi connectivity index (χ2n) is 7.07. The number of carbonyl (C=O) groups excluding carboxylic acids is 1. The maximum Gasteiger partial charge on any atom is 0.223 e. The van der Waals surface area contributed by atoms with Crippen molar-refractivity contribution in [2.24, 2.45) is 0 Å². The molecule has 4 rings (SSSR count). The van der Waals surface area contributed by atoms with Crippen LogP contribution >= 0.6 is 0 Å². The van der Waals surface area contributed by atoms with Crippen LogP contribution in [0.2, 0.25) is 0 Å². The summed E-state index contributed by atoms with van der Waals surface area (Å²) in [5.41, 5.74) is 2.31. The predicted molar refractivity (Wildman–Crippen MR) is 109 cm³/mol. The molecule has 1 heterocycles. The fraction of sp³-hybridized carbons (Fsp3) is 0.261. The van der Waals surface area contributed by atoms with Gasteiger partial charge in [0.1, 0.15) is 5.75 Å². The number of nitrogens with zero attached hydrogens (tertiary/aromatic N) is 2. The van der Waals surface area contributed by atoms with Gasteiger partial charge < -0.3 is 14.9 Å². The molecule has 3 aromatic carbocycles. The summed E-state index contributed by atoms with van der Waals surface area (Å²) in [5.74, 6) is 0.509. The van der Waals surface area contributed by atoms with E-state index in [-0.39, 0.29) is 11.7 Å². The lowest BCUT2D eigenvalue weighted by Gasteiger charge is -2.36. The van der Waals surface area contributed by atoms with Crippen molar-refractivity contribution in [2.75, 3.05) is 31.1 Å². The molecule has 4 heteroatoms. The monoisotopic (exact) mass is 360 g/mol. The molecular formula is C23H24N2O2. The van der Waals surface area contributed by atoms with E-state index in [2.05, 4.69) is 35.2 Å². The Hall–Kier alpha value is -3.01. The van der Waals surface area contributed by atoms with Crippen LogP contribution in [0.15, 0.2) is 66.7 Å². The number of rotatable bonds is 4. The van der Waals surface area contributed by atoms with E-state index in [1.54, 1.807) is 12.1 Å². The Morgan fingerprint density at radius 3 is 2.30 bits per heavy atom. The van der Waals surface area contributed by atoms with Gasteiger partial charge in [-0.25, -0.2) is 0 Å². The Labute approximate surface area is 159 Å². The number of benzene rings is 3. The van der Waals surface area contributed by atoms with Gasteiger partial charge in [0, 0.05) is 38.3 Å². The SMILES string of the molecule is O=C(CCc1ccc2ccccc2c1)N1CCN(c2ccc(O)cc2)CC1. The minimum Gasteiger partial charge on any atom is -0.508 e. The van der Waals surface area contributed by atoms with Gasteiger partial charge in [-0.2, -0.15) is 0 Å². The highest BCUT2D eigenvalue weighted by Crippen LogP contribution is 2.21. The molecule has 4 nitrogen and oxygen atoms in total. The highest BCUT2D eigenvalue weighted by molar-refractivity contribution is 5.83. The lowest BCUT2D eigenvalue weighted by molar-refractivity contribution is -0.131. The van der Waals surface area contributed by atoms with Crippen LogP contribution < -0.4 is 4.90 Å². The van der Waals surface area contributed by atoms with Crippen LogP contribution in [0, 0.1) is 0 Å². The van der Waals surface area contributed by atoms with Gasteiger partial charge >= 0.3 is 0 Å². The molecule has 3 aromatic rings. The zero-order valence-corrected chi connectivity index (χ0v) is 15.3. The summed E-state index contributed by atoms with van der Waals surface area (Å²) in [6.45, 7) is 3.15. The molecule has 0 atom stereocenters. The van der Waals surface area contributed by atoms with E-state index in [1.807, 2.05) is 29.2 Å². The highest BCUT2D eigenvalue weighted by atomic mass is 16.3. The number of aryl methyl sites for hydroxylation is 1. The molecule has 0 saturated carbocycles. The quantitative estimate of drug-likeness (QED) is 0.769. The van der Waals surface area contributed by atoms with Crippen molar-refractivity contribution in [3.63, 3.8) is 0 Å². The van der Waals surface area contributed by atoms with E-state index >= 15 is 0 Å². The van der Waals surface area contributed by atoms with Gasteiger partial charge in [0.05, 0.1) is 0 Å². The summed E-state index contributed by atoms with van der Waals surface area (Å²) in [6, 6.07) is 22.0. The van der Waals surface area contributed by atoms with Crippen LogP contribution in [-0.4, -0.2) is 42.1 Å². The number of phenols is 1. The van der Waals surface area contributed by atoms with E-state index in [1.165, 1.54) is 16.3 Å². The second kappa shape index (κ2) is 7.70. The van der Waals surface area contributed by atoms with Gasteiger partial charge in [0.15, 0.2) is 0 Å². The van der Waals surface area contributed by atoms with Crippen molar-refractivity contribution in [3.8, 4) is 5.75 Å². The summed E-state index contributed by atoms with van der Waals surface area (Å²) in [5, 5.41) is 11.9. The molecule has 27 heavy (non-hydrogen) atoms. The molecule has 1 aliphatic rings. The molecule has 1 N–H and O–H groups in total. The number of amides is 1. The van der Waals surface area contributed by atoms with Gasteiger partial charge in [-0.15, -0.1) is 0 Å². The molecule has 0 spiro atoms. The third kappa shape index (κ3) is 4.05. The number of aromatic hydroxyl groups is 1. The van der Waals surface area contributed by atoms with Gasteiger partial charge in [-0.1, -0.05) is 42.5 Å². The van der Waals surface area contributed by atoms with E-state index in [0.717, 1.165) is 38.3 Å². The van der Waals surface area contributed by atoms with Crippen molar-refractivity contribution < 1.29 is 9.90 Å². The first-order chi connectivity index (χ1) is 13.2. The summed E-state index contributed by atoms with van der Waals surface area (Å²) in [6.07, 6.45) is 1.33. The van der Waals surface area contributed by atoms with E-state index in [4.69, 9.17) is 0 Å². The van der Waals surface area contributed by atoms with Crippen molar-refractivity contribution in [2.45, 2.75) is 12.8 Å². The summed E-state index contributed by atoms with van der Waals surface area (Å²) in [4.78, 5) is 16.8. The molecule has 1 saturated heterocycles. The second-order valence-corrected chi connectivity index (χ2v) is 7.07. The van der Waals surface area contributed by atoms with E-state index < -0.39 is 0 Å². The van der Waals surface area contributed by atoms with Crippen LogP contribution in [0.5, 0.6) is 5.75 Å². The van der Waals surface area contributed by atoms with Crippen LogP contribution in [0.25, 0.3) is 10.8 Å². The standard InChI is InChI=1S/C23H24N2O2/c26-22-10-8-21(9-11-22)24-13-15-25(16-14-24)23(27)12-6-18-5-7-19-3-1-2-4-20(19)17-18/h1-5,7-11,17,26H,6,12-16H2. The van der Waals surface area contributed by atoms with Gasteiger partial charge in [0.25, 0.3) is 0 Å². The molecule has 1 fully saturated rings. The molecule has 1 aliphatic heterocycles. The molecule has 0 radical (unpaired) electrons.